The lowest BCUT2D eigenvalue weighted by Gasteiger charge is -2.24. The molecule has 0 fully saturated rings. The van der Waals surface area contributed by atoms with Crippen molar-refractivity contribution in [1.29, 1.82) is 0 Å². The van der Waals surface area contributed by atoms with Gasteiger partial charge in [0.25, 0.3) is 0 Å². The Kier molecular flexibility index (Phi) is 7.09. The van der Waals surface area contributed by atoms with Crippen molar-refractivity contribution in [2.45, 2.75) is 19.9 Å². The zero-order valence-corrected chi connectivity index (χ0v) is 15.3. The molecule has 2 rings (SSSR count). The number of benzene rings is 2. The molecule has 0 aliphatic carbocycles. The monoisotopic (exact) mass is 362 g/mol. The van der Waals surface area contributed by atoms with Crippen molar-refractivity contribution >= 4 is 5.91 Å². The van der Waals surface area contributed by atoms with E-state index in [-0.39, 0.29) is 18.5 Å². The van der Waals surface area contributed by atoms with E-state index in [1.807, 2.05) is 38.1 Å². The lowest BCUT2D eigenvalue weighted by Crippen LogP contribution is -2.38. The molecule has 2 aromatic rings. The summed E-state index contributed by atoms with van der Waals surface area (Å²) >= 11 is 0. The lowest BCUT2D eigenvalue weighted by molar-refractivity contribution is -0.122. The van der Waals surface area contributed by atoms with E-state index in [9.17, 15) is 13.6 Å². The maximum Gasteiger partial charge on any atom is 0.234 e. The molecule has 26 heavy (non-hydrogen) atoms. The smallest absolute Gasteiger partial charge is 0.234 e. The molecule has 0 aliphatic heterocycles. The number of aryl methyl sites for hydroxylation is 1. The summed E-state index contributed by atoms with van der Waals surface area (Å²) in [4.78, 5) is 13.8. The Hall–Kier alpha value is -2.47. The topological polar surface area (TPSA) is 41.6 Å². The average Bonchev–Trinajstić information content (AvgIpc) is 2.60. The first-order valence-electron chi connectivity index (χ1n) is 8.48. The van der Waals surface area contributed by atoms with Gasteiger partial charge in [-0.05, 0) is 56.3 Å². The van der Waals surface area contributed by atoms with E-state index in [1.165, 1.54) is 6.07 Å². The molecule has 6 heteroatoms. The standard InChI is InChI=1S/C20H24F2N2O2/c1-14-5-4-6-17(11-14)26-10-9-23-20(25)13-24(3)15(2)16-7-8-18(21)19(22)12-16/h4-8,11-12,15H,9-10,13H2,1-3H3,(H,23,25). The molecule has 4 nitrogen and oxygen atoms in total. The number of amides is 1. The first kappa shape index (κ1) is 19.8. The third kappa shape index (κ3) is 5.81. The molecule has 0 aliphatic rings. The van der Waals surface area contributed by atoms with E-state index in [4.69, 9.17) is 4.74 Å². The van der Waals surface area contributed by atoms with Gasteiger partial charge in [0, 0.05) is 6.04 Å². The third-order valence-electron chi connectivity index (χ3n) is 4.16. The van der Waals surface area contributed by atoms with Gasteiger partial charge in [0.2, 0.25) is 5.91 Å². The number of nitrogens with one attached hydrogen (secondary N) is 1. The predicted octanol–water partition coefficient (Wildman–Crippen LogP) is 3.46. The number of ether oxygens (including phenoxy) is 1. The van der Waals surface area contributed by atoms with E-state index in [0.717, 1.165) is 23.4 Å². The fraction of sp³-hybridized carbons (Fsp3) is 0.350. The van der Waals surface area contributed by atoms with Gasteiger partial charge in [-0.1, -0.05) is 18.2 Å². The second-order valence-electron chi connectivity index (χ2n) is 6.28. The van der Waals surface area contributed by atoms with Crippen LogP contribution < -0.4 is 10.1 Å². The molecular weight excluding hydrogens is 338 g/mol. The molecule has 0 aromatic heterocycles. The average molecular weight is 362 g/mol. The maximum absolute atomic E-state index is 13.3. The summed E-state index contributed by atoms with van der Waals surface area (Å²) in [5.74, 6) is -1.16. The molecule has 0 spiro atoms. The Balaban J connectivity index is 1.75. The van der Waals surface area contributed by atoms with E-state index in [2.05, 4.69) is 5.32 Å². The maximum atomic E-state index is 13.3. The second kappa shape index (κ2) is 9.29. The van der Waals surface area contributed by atoms with Crippen LogP contribution in [0.25, 0.3) is 0 Å². The minimum atomic E-state index is -0.888. The van der Waals surface area contributed by atoms with Crippen LogP contribution in [-0.2, 0) is 4.79 Å². The molecular formula is C20H24F2N2O2. The quantitative estimate of drug-likeness (QED) is 0.731. The van der Waals surface area contributed by atoms with Crippen molar-refractivity contribution in [2.24, 2.45) is 0 Å². The zero-order valence-electron chi connectivity index (χ0n) is 15.3. The van der Waals surface area contributed by atoms with Crippen molar-refractivity contribution in [2.75, 3.05) is 26.7 Å². The second-order valence-corrected chi connectivity index (χ2v) is 6.28. The first-order chi connectivity index (χ1) is 12.4. The summed E-state index contributed by atoms with van der Waals surface area (Å²) in [7, 11) is 1.76. The number of hydrogen-bond donors (Lipinski definition) is 1. The summed E-state index contributed by atoms with van der Waals surface area (Å²) < 4.78 is 32.0. The van der Waals surface area contributed by atoms with Crippen LogP contribution in [0.4, 0.5) is 8.78 Å². The summed E-state index contributed by atoms with van der Waals surface area (Å²) in [5.41, 5.74) is 1.72. The number of halogens is 2. The fourth-order valence-corrected chi connectivity index (χ4v) is 2.51. The van der Waals surface area contributed by atoms with Crippen molar-refractivity contribution in [1.82, 2.24) is 10.2 Å². The predicted molar refractivity (Wildman–Crippen MR) is 97.1 cm³/mol. The third-order valence-corrected chi connectivity index (χ3v) is 4.16. The minimum absolute atomic E-state index is 0.143. The van der Waals surface area contributed by atoms with Gasteiger partial charge in [-0.2, -0.15) is 0 Å². The molecule has 1 N–H and O–H groups in total. The molecule has 0 saturated heterocycles. The van der Waals surface area contributed by atoms with Crippen LogP contribution in [0.3, 0.4) is 0 Å². The zero-order chi connectivity index (χ0) is 19.1. The molecule has 1 unspecified atom stereocenters. The molecule has 2 aromatic carbocycles. The van der Waals surface area contributed by atoms with Crippen LogP contribution in [0.2, 0.25) is 0 Å². The Labute approximate surface area is 152 Å². The molecule has 0 heterocycles. The largest absolute Gasteiger partial charge is 0.492 e. The van der Waals surface area contributed by atoms with Gasteiger partial charge < -0.3 is 10.1 Å². The number of nitrogens with zero attached hydrogens (tertiary/aromatic N) is 1. The van der Waals surface area contributed by atoms with Gasteiger partial charge in [0.05, 0.1) is 13.1 Å². The van der Waals surface area contributed by atoms with E-state index < -0.39 is 11.6 Å². The van der Waals surface area contributed by atoms with Gasteiger partial charge in [-0.15, -0.1) is 0 Å². The Morgan fingerprint density at radius 3 is 2.65 bits per heavy atom. The summed E-state index contributed by atoms with van der Waals surface area (Å²) in [6, 6.07) is 11.2. The van der Waals surface area contributed by atoms with Gasteiger partial charge in [0.1, 0.15) is 12.4 Å². The highest BCUT2D eigenvalue weighted by atomic mass is 19.2. The van der Waals surface area contributed by atoms with E-state index in [1.54, 1.807) is 11.9 Å². The van der Waals surface area contributed by atoms with Gasteiger partial charge in [-0.25, -0.2) is 8.78 Å². The van der Waals surface area contributed by atoms with Crippen LogP contribution in [0.1, 0.15) is 24.1 Å². The SMILES string of the molecule is Cc1cccc(OCCNC(=O)CN(C)C(C)c2ccc(F)c(F)c2)c1. The normalized spacial score (nSPS) is 12.1. The summed E-state index contributed by atoms with van der Waals surface area (Å²) in [6.45, 7) is 4.72. The van der Waals surface area contributed by atoms with E-state index >= 15 is 0 Å². The molecule has 0 radical (unpaired) electrons. The van der Waals surface area contributed by atoms with Crippen LogP contribution in [-0.4, -0.2) is 37.6 Å². The number of rotatable bonds is 8. The Morgan fingerprint density at radius 1 is 1.19 bits per heavy atom. The van der Waals surface area contributed by atoms with Gasteiger partial charge in [-0.3, -0.25) is 9.69 Å². The van der Waals surface area contributed by atoms with Crippen LogP contribution in [0.5, 0.6) is 5.75 Å². The van der Waals surface area contributed by atoms with Crippen molar-refractivity contribution in [3.05, 3.63) is 65.2 Å². The molecule has 140 valence electrons. The highest BCUT2D eigenvalue weighted by Gasteiger charge is 2.16. The Morgan fingerprint density at radius 2 is 1.96 bits per heavy atom. The van der Waals surface area contributed by atoms with Gasteiger partial charge in [0.15, 0.2) is 11.6 Å². The Bertz CT molecular complexity index is 752. The highest BCUT2D eigenvalue weighted by molar-refractivity contribution is 5.78. The molecule has 1 atom stereocenters. The summed E-state index contributed by atoms with van der Waals surface area (Å²) in [5, 5.41) is 2.79. The van der Waals surface area contributed by atoms with Crippen molar-refractivity contribution < 1.29 is 18.3 Å². The minimum Gasteiger partial charge on any atom is -0.492 e. The van der Waals surface area contributed by atoms with Crippen LogP contribution >= 0.6 is 0 Å². The number of carbonyl (C=O) groups excluding carboxylic acids is 1. The molecule has 1 amide bonds. The molecule has 0 saturated carbocycles. The van der Waals surface area contributed by atoms with E-state index in [0.29, 0.717) is 18.7 Å². The number of hydrogen-bond acceptors (Lipinski definition) is 3. The number of carbonyl (C=O) groups is 1. The van der Waals surface area contributed by atoms with Crippen LogP contribution in [0.15, 0.2) is 42.5 Å². The van der Waals surface area contributed by atoms with Crippen LogP contribution in [0, 0.1) is 18.6 Å². The van der Waals surface area contributed by atoms with Crippen molar-refractivity contribution in [3.63, 3.8) is 0 Å². The van der Waals surface area contributed by atoms with Crippen molar-refractivity contribution in [3.8, 4) is 5.75 Å². The lowest BCUT2D eigenvalue weighted by atomic mass is 10.1. The summed E-state index contributed by atoms with van der Waals surface area (Å²) in [6.07, 6.45) is 0. The molecule has 0 bridgehead atoms. The fourth-order valence-electron chi connectivity index (χ4n) is 2.51. The number of likely N-dealkylation sites (N-methyl/N-ethyl adjacent to an activating group) is 1. The first-order valence-corrected chi connectivity index (χ1v) is 8.48. The highest BCUT2D eigenvalue weighted by Crippen LogP contribution is 2.20. The van der Waals surface area contributed by atoms with Gasteiger partial charge >= 0.3 is 0 Å².